The predicted molar refractivity (Wildman–Crippen MR) is 109 cm³/mol. The van der Waals surface area contributed by atoms with Crippen LogP contribution in [0.15, 0.2) is 52.3 Å². The minimum Gasteiger partial charge on any atom is -0.493 e. The molecule has 0 aliphatic heterocycles. The van der Waals surface area contributed by atoms with Crippen molar-refractivity contribution in [1.82, 2.24) is 14.5 Å². The van der Waals surface area contributed by atoms with Gasteiger partial charge >= 0.3 is 5.69 Å². The van der Waals surface area contributed by atoms with Gasteiger partial charge < -0.3 is 24.5 Å². The molecule has 0 aliphatic carbocycles. The lowest BCUT2D eigenvalue weighted by molar-refractivity contribution is 0.102. The van der Waals surface area contributed by atoms with Crippen molar-refractivity contribution in [3.63, 3.8) is 0 Å². The smallest absolute Gasteiger partial charge is 0.328 e. The van der Waals surface area contributed by atoms with Gasteiger partial charge in [-0.3, -0.25) is 19.1 Å². The second kappa shape index (κ2) is 8.95. The molecule has 2 heterocycles. The quantitative estimate of drug-likeness (QED) is 0.598. The summed E-state index contributed by atoms with van der Waals surface area (Å²) in [5, 5.41) is 2.60. The molecule has 30 heavy (non-hydrogen) atoms. The molecule has 10 heteroatoms. The number of nitrogens with zero attached hydrogens (tertiary/aromatic N) is 2. The van der Waals surface area contributed by atoms with Crippen LogP contribution in [0.5, 0.6) is 17.2 Å². The van der Waals surface area contributed by atoms with Crippen molar-refractivity contribution in [2.45, 2.75) is 6.54 Å². The first-order valence-corrected chi connectivity index (χ1v) is 8.82. The van der Waals surface area contributed by atoms with Crippen LogP contribution in [0.25, 0.3) is 0 Å². The number of aromatic amines is 1. The fourth-order valence-corrected chi connectivity index (χ4v) is 2.82. The highest BCUT2D eigenvalue weighted by Gasteiger charge is 2.18. The lowest BCUT2D eigenvalue weighted by atomic mass is 10.2. The van der Waals surface area contributed by atoms with Crippen LogP contribution in [0.1, 0.15) is 16.1 Å². The van der Waals surface area contributed by atoms with E-state index in [1.54, 1.807) is 24.4 Å². The van der Waals surface area contributed by atoms with Gasteiger partial charge in [-0.25, -0.2) is 4.79 Å². The molecule has 0 saturated heterocycles. The number of nitrogens with one attached hydrogen (secondary N) is 2. The maximum atomic E-state index is 12.8. The highest BCUT2D eigenvalue weighted by atomic mass is 16.5. The maximum Gasteiger partial charge on any atom is 0.328 e. The Hall–Kier alpha value is -4.08. The number of rotatable bonds is 7. The SMILES string of the molecule is COc1cc(NC(=O)c2c[nH]c(=O)n(Cc3ccccn3)c2=O)cc(OC)c1OC. The molecule has 0 aliphatic rings. The van der Waals surface area contributed by atoms with E-state index in [4.69, 9.17) is 14.2 Å². The van der Waals surface area contributed by atoms with E-state index in [-0.39, 0.29) is 12.1 Å². The number of ether oxygens (including phenoxy) is 3. The molecule has 0 atom stereocenters. The first-order chi connectivity index (χ1) is 14.5. The predicted octanol–water partition coefficient (Wildman–Crippen LogP) is 1.26. The zero-order valence-corrected chi connectivity index (χ0v) is 16.6. The Morgan fingerprint density at radius 1 is 1.10 bits per heavy atom. The summed E-state index contributed by atoms with van der Waals surface area (Å²) in [6, 6.07) is 8.18. The first kappa shape index (κ1) is 20.6. The van der Waals surface area contributed by atoms with Crippen LogP contribution in [0.3, 0.4) is 0 Å². The first-order valence-electron chi connectivity index (χ1n) is 8.82. The van der Waals surface area contributed by atoms with Gasteiger partial charge in [-0.15, -0.1) is 0 Å². The van der Waals surface area contributed by atoms with E-state index in [0.717, 1.165) is 10.8 Å². The zero-order chi connectivity index (χ0) is 21.7. The van der Waals surface area contributed by atoms with Crippen LogP contribution < -0.4 is 30.8 Å². The van der Waals surface area contributed by atoms with Gasteiger partial charge in [0.1, 0.15) is 5.56 Å². The Balaban J connectivity index is 1.94. The highest BCUT2D eigenvalue weighted by Crippen LogP contribution is 2.39. The van der Waals surface area contributed by atoms with Crippen LogP contribution in [0.2, 0.25) is 0 Å². The molecule has 0 fully saturated rings. The molecule has 3 aromatic rings. The summed E-state index contributed by atoms with van der Waals surface area (Å²) in [6.07, 6.45) is 2.63. The number of pyridine rings is 1. The monoisotopic (exact) mass is 412 g/mol. The number of hydrogen-bond donors (Lipinski definition) is 2. The van der Waals surface area contributed by atoms with Crippen molar-refractivity contribution in [2.75, 3.05) is 26.6 Å². The van der Waals surface area contributed by atoms with Gasteiger partial charge in [0.2, 0.25) is 5.75 Å². The number of aromatic nitrogens is 3. The zero-order valence-electron chi connectivity index (χ0n) is 16.6. The molecular formula is C20H20N4O6. The van der Waals surface area contributed by atoms with Crippen molar-refractivity contribution in [1.29, 1.82) is 0 Å². The summed E-state index contributed by atoms with van der Waals surface area (Å²) in [5.74, 6) is 0.322. The standard InChI is InChI=1S/C20H20N4O6/c1-28-15-8-13(9-16(29-2)17(15)30-3)23-18(25)14-10-22-20(27)24(19(14)26)11-12-6-4-5-7-21-12/h4-10H,11H2,1-3H3,(H,22,27)(H,23,25). The van der Waals surface area contributed by atoms with E-state index in [2.05, 4.69) is 15.3 Å². The largest absolute Gasteiger partial charge is 0.493 e. The van der Waals surface area contributed by atoms with E-state index in [0.29, 0.717) is 28.6 Å². The van der Waals surface area contributed by atoms with Gasteiger partial charge in [0.25, 0.3) is 11.5 Å². The normalized spacial score (nSPS) is 10.4. The van der Waals surface area contributed by atoms with Gasteiger partial charge in [0, 0.05) is 30.2 Å². The Labute approximate surface area is 171 Å². The topological polar surface area (TPSA) is 125 Å². The summed E-state index contributed by atoms with van der Waals surface area (Å²) in [4.78, 5) is 44.1. The Morgan fingerprint density at radius 3 is 2.37 bits per heavy atom. The maximum absolute atomic E-state index is 12.8. The summed E-state index contributed by atoms with van der Waals surface area (Å²) >= 11 is 0. The Kier molecular flexibility index (Phi) is 6.16. The number of benzene rings is 1. The molecule has 3 rings (SSSR count). The van der Waals surface area contributed by atoms with Crippen LogP contribution in [-0.2, 0) is 6.54 Å². The van der Waals surface area contributed by atoms with Gasteiger partial charge in [-0.05, 0) is 12.1 Å². The third kappa shape index (κ3) is 4.17. The summed E-state index contributed by atoms with van der Waals surface area (Å²) in [7, 11) is 4.35. The average molecular weight is 412 g/mol. The lowest BCUT2D eigenvalue weighted by Gasteiger charge is -2.14. The molecule has 0 bridgehead atoms. The molecule has 0 unspecified atom stereocenters. The van der Waals surface area contributed by atoms with Crippen LogP contribution in [0, 0.1) is 0 Å². The Morgan fingerprint density at radius 2 is 1.80 bits per heavy atom. The number of anilines is 1. The van der Waals surface area contributed by atoms with E-state index in [1.807, 2.05) is 0 Å². The van der Waals surface area contributed by atoms with Crippen molar-refractivity contribution >= 4 is 11.6 Å². The van der Waals surface area contributed by atoms with E-state index >= 15 is 0 Å². The van der Waals surface area contributed by atoms with Gasteiger partial charge in [0.15, 0.2) is 11.5 Å². The number of methoxy groups -OCH3 is 3. The van der Waals surface area contributed by atoms with Gasteiger partial charge in [-0.1, -0.05) is 6.07 Å². The molecule has 0 radical (unpaired) electrons. The number of carbonyl (C=O) groups excluding carboxylic acids is 1. The van der Waals surface area contributed by atoms with Crippen LogP contribution in [-0.4, -0.2) is 41.8 Å². The molecule has 10 nitrogen and oxygen atoms in total. The van der Waals surface area contributed by atoms with E-state index < -0.39 is 17.2 Å². The van der Waals surface area contributed by atoms with Crippen molar-refractivity contribution in [2.24, 2.45) is 0 Å². The van der Waals surface area contributed by atoms with Crippen molar-refractivity contribution < 1.29 is 19.0 Å². The summed E-state index contributed by atoms with van der Waals surface area (Å²) in [6.45, 7) is -0.0691. The molecule has 0 saturated carbocycles. The van der Waals surface area contributed by atoms with E-state index in [1.165, 1.54) is 33.5 Å². The molecular weight excluding hydrogens is 392 g/mol. The lowest BCUT2D eigenvalue weighted by Crippen LogP contribution is -2.39. The third-order valence-electron chi connectivity index (χ3n) is 4.27. The molecule has 2 N–H and O–H groups in total. The fraction of sp³-hybridized carbons (Fsp3) is 0.200. The number of hydrogen-bond acceptors (Lipinski definition) is 7. The fourth-order valence-electron chi connectivity index (χ4n) is 2.82. The molecule has 0 spiro atoms. The van der Waals surface area contributed by atoms with E-state index in [9.17, 15) is 14.4 Å². The molecule has 1 amide bonds. The number of carbonyl (C=O) groups is 1. The molecule has 156 valence electrons. The second-order valence-corrected chi connectivity index (χ2v) is 6.09. The number of H-pyrrole nitrogens is 1. The van der Waals surface area contributed by atoms with Crippen LogP contribution >= 0.6 is 0 Å². The minimum atomic E-state index is -0.741. The summed E-state index contributed by atoms with van der Waals surface area (Å²) in [5.41, 5.74) is -0.799. The van der Waals surface area contributed by atoms with Crippen molar-refractivity contribution in [3.8, 4) is 17.2 Å². The second-order valence-electron chi connectivity index (χ2n) is 6.09. The molecule has 1 aromatic carbocycles. The van der Waals surface area contributed by atoms with Gasteiger partial charge in [-0.2, -0.15) is 0 Å². The van der Waals surface area contributed by atoms with Gasteiger partial charge in [0.05, 0.1) is 33.6 Å². The third-order valence-corrected chi connectivity index (χ3v) is 4.27. The van der Waals surface area contributed by atoms with Crippen LogP contribution in [0.4, 0.5) is 5.69 Å². The minimum absolute atomic E-state index is 0.0691. The number of amides is 1. The Bertz CT molecular complexity index is 1140. The average Bonchev–Trinajstić information content (AvgIpc) is 2.76. The summed E-state index contributed by atoms with van der Waals surface area (Å²) < 4.78 is 16.7. The highest BCUT2D eigenvalue weighted by molar-refractivity contribution is 6.04. The molecule has 2 aromatic heterocycles. The van der Waals surface area contributed by atoms with Crippen molar-refractivity contribution in [3.05, 3.63) is 74.8 Å².